The minimum atomic E-state index is -0.953. The lowest BCUT2D eigenvalue weighted by atomic mass is 9.96. The van der Waals surface area contributed by atoms with Gasteiger partial charge in [-0.15, -0.1) is 0 Å². The SMILES string of the molecule is O=C(COC(=O)c1ccccc1F)NC(=O)NC1CCCCC1. The summed E-state index contributed by atoms with van der Waals surface area (Å²) in [7, 11) is 0. The second-order valence-corrected chi connectivity index (χ2v) is 5.41. The smallest absolute Gasteiger partial charge is 0.341 e. The molecule has 0 bridgehead atoms. The van der Waals surface area contributed by atoms with Gasteiger partial charge in [0.1, 0.15) is 5.82 Å². The van der Waals surface area contributed by atoms with Gasteiger partial charge in [0, 0.05) is 6.04 Å². The maximum atomic E-state index is 13.4. The second kappa shape index (κ2) is 8.26. The average molecular weight is 322 g/mol. The first-order valence-electron chi connectivity index (χ1n) is 7.58. The Morgan fingerprint density at radius 3 is 2.52 bits per heavy atom. The summed E-state index contributed by atoms with van der Waals surface area (Å²) in [6.45, 7) is -0.648. The van der Waals surface area contributed by atoms with E-state index in [0.717, 1.165) is 38.2 Å². The Hall–Kier alpha value is -2.44. The van der Waals surface area contributed by atoms with Crippen molar-refractivity contribution in [3.05, 3.63) is 35.6 Å². The third kappa shape index (κ3) is 5.36. The van der Waals surface area contributed by atoms with Crippen molar-refractivity contribution in [1.82, 2.24) is 10.6 Å². The van der Waals surface area contributed by atoms with Crippen LogP contribution in [-0.4, -0.2) is 30.6 Å². The number of hydrogen-bond donors (Lipinski definition) is 2. The molecule has 0 aromatic heterocycles. The summed E-state index contributed by atoms with van der Waals surface area (Å²) in [6, 6.07) is 4.76. The molecule has 1 aliphatic rings. The number of esters is 1. The number of amides is 3. The Kier molecular flexibility index (Phi) is 6.08. The van der Waals surface area contributed by atoms with Crippen molar-refractivity contribution in [2.45, 2.75) is 38.1 Å². The van der Waals surface area contributed by atoms with Crippen LogP contribution in [0, 0.1) is 5.82 Å². The summed E-state index contributed by atoms with van der Waals surface area (Å²) in [5.41, 5.74) is -0.257. The molecule has 1 aliphatic carbocycles. The van der Waals surface area contributed by atoms with E-state index in [9.17, 15) is 18.8 Å². The van der Waals surface area contributed by atoms with Crippen molar-refractivity contribution >= 4 is 17.9 Å². The molecule has 3 amide bonds. The minimum Gasteiger partial charge on any atom is -0.452 e. The zero-order valence-electron chi connectivity index (χ0n) is 12.6. The maximum Gasteiger partial charge on any atom is 0.341 e. The Bertz CT molecular complexity index is 585. The van der Waals surface area contributed by atoms with E-state index in [1.165, 1.54) is 18.2 Å². The van der Waals surface area contributed by atoms with Gasteiger partial charge in [-0.1, -0.05) is 31.4 Å². The summed E-state index contributed by atoms with van der Waals surface area (Å²) in [5.74, 6) is -2.44. The molecule has 23 heavy (non-hydrogen) atoms. The van der Waals surface area contributed by atoms with Crippen LogP contribution in [-0.2, 0) is 9.53 Å². The van der Waals surface area contributed by atoms with Crippen LogP contribution in [0.3, 0.4) is 0 Å². The van der Waals surface area contributed by atoms with E-state index in [-0.39, 0.29) is 11.6 Å². The fourth-order valence-electron chi connectivity index (χ4n) is 2.47. The van der Waals surface area contributed by atoms with E-state index in [1.807, 2.05) is 0 Å². The number of carbonyl (C=O) groups is 3. The van der Waals surface area contributed by atoms with E-state index in [0.29, 0.717) is 0 Å². The van der Waals surface area contributed by atoms with E-state index in [4.69, 9.17) is 4.74 Å². The van der Waals surface area contributed by atoms with Crippen molar-refractivity contribution < 1.29 is 23.5 Å². The van der Waals surface area contributed by atoms with Gasteiger partial charge in [-0.05, 0) is 25.0 Å². The molecule has 6 nitrogen and oxygen atoms in total. The summed E-state index contributed by atoms with van der Waals surface area (Å²) in [5, 5.41) is 4.80. The van der Waals surface area contributed by atoms with Gasteiger partial charge in [-0.25, -0.2) is 14.0 Å². The molecular formula is C16H19FN2O4. The zero-order chi connectivity index (χ0) is 16.7. The fraction of sp³-hybridized carbons (Fsp3) is 0.438. The fourth-order valence-corrected chi connectivity index (χ4v) is 2.47. The maximum absolute atomic E-state index is 13.4. The van der Waals surface area contributed by atoms with Crippen LogP contribution in [0.25, 0.3) is 0 Å². The molecule has 1 aromatic rings. The van der Waals surface area contributed by atoms with Crippen molar-refractivity contribution in [3.63, 3.8) is 0 Å². The quantitative estimate of drug-likeness (QED) is 0.832. The lowest BCUT2D eigenvalue weighted by Crippen LogP contribution is -2.46. The number of carbonyl (C=O) groups excluding carboxylic acids is 3. The average Bonchev–Trinajstić information content (AvgIpc) is 2.54. The van der Waals surface area contributed by atoms with Gasteiger partial charge in [0.05, 0.1) is 5.56 Å². The third-order valence-electron chi connectivity index (χ3n) is 3.62. The zero-order valence-corrected chi connectivity index (χ0v) is 12.6. The van der Waals surface area contributed by atoms with Gasteiger partial charge < -0.3 is 10.1 Å². The molecule has 0 atom stereocenters. The number of halogens is 1. The van der Waals surface area contributed by atoms with Gasteiger partial charge in [-0.2, -0.15) is 0 Å². The number of imide groups is 1. The van der Waals surface area contributed by atoms with Crippen molar-refractivity contribution in [3.8, 4) is 0 Å². The number of rotatable bonds is 4. The molecule has 1 fully saturated rings. The molecule has 0 radical (unpaired) electrons. The number of benzene rings is 1. The van der Waals surface area contributed by atoms with Crippen LogP contribution < -0.4 is 10.6 Å². The van der Waals surface area contributed by atoms with Crippen molar-refractivity contribution in [1.29, 1.82) is 0 Å². The van der Waals surface area contributed by atoms with Crippen LogP contribution in [0.15, 0.2) is 24.3 Å². The van der Waals surface area contributed by atoms with E-state index < -0.39 is 30.3 Å². The molecule has 0 spiro atoms. The summed E-state index contributed by atoms with van der Waals surface area (Å²) in [6.07, 6.45) is 5.05. The lowest BCUT2D eigenvalue weighted by molar-refractivity contribution is -0.123. The highest BCUT2D eigenvalue weighted by atomic mass is 19.1. The number of urea groups is 1. The van der Waals surface area contributed by atoms with Crippen LogP contribution in [0.1, 0.15) is 42.5 Å². The van der Waals surface area contributed by atoms with Gasteiger partial charge in [-0.3, -0.25) is 10.1 Å². The first-order valence-corrected chi connectivity index (χ1v) is 7.58. The Morgan fingerprint density at radius 2 is 1.83 bits per heavy atom. The van der Waals surface area contributed by atoms with Gasteiger partial charge in [0.2, 0.25) is 0 Å². The molecule has 0 unspecified atom stereocenters. The van der Waals surface area contributed by atoms with Crippen LogP contribution >= 0.6 is 0 Å². The monoisotopic (exact) mass is 322 g/mol. The van der Waals surface area contributed by atoms with E-state index in [2.05, 4.69) is 10.6 Å². The molecule has 7 heteroatoms. The molecule has 1 aromatic carbocycles. The summed E-state index contributed by atoms with van der Waals surface area (Å²) in [4.78, 5) is 34.8. The van der Waals surface area contributed by atoms with Gasteiger partial charge >= 0.3 is 12.0 Å². The molecular weight excluding hydrogens is 303 g/mol. The molecule has 0 aliphatic heterocycles. The highest BCUT2D eigenvalue weighted by Crippen LogP contribution is 2.17. The van der Waals surface area contributed by atoms with Crippen LogP contribution in [0.5, 0.6) is 0 Å². The van der Waals surface area contributed by atoms with E-state index in [1.54, 1.807) is 0 Å². The third-order valence-corrected chi connectivity index (χ3v) is 3.62. The minimum absolute atomic E-state index is 0.0671. The number of nitrogens with one attached hydrogen (secondary N) is 2. The Balaban J connectivity index is 1.73. The van der Waals surface area contributed by atoms with Crippen molar-refractivity contribution in [2.24, 2.45) is 0 Å². The largest absolute Gasteiger partial charge is 0.452 e. The standard InChI is InChI=1S/C16H19FN2O4/c17-13-9-5-4-8-12(13)15(21)23-10-14(20)19-16(22)18-11-6-2-1-3-7-11/h4-5,8-9,11H,1-3,6-7,10H2,(H2,18,19,20,22). The summed E-state index contributed by atoms with van der Waals surface area (Å²) >= 11 is 0. The molecule has 2 rings (SSSR count). The molecule has 2 N–H and O–H groups in total. The molecule has 0 saturated heterocycles. The normalized spacial score (nSPS) is 14.8. The number of hydrogen-bond acceptors (Lipinski definition) is 4. The number of ether oxygens (including phenoxy) is 1. The first-order chi connectivity index (χ1) is 11.1. The van der Waals surface area contributed by atoms with E-state index >= 15 is 0 Å². The lowest BCUT2D eigenvalue weighted by Gasteiger charge is -2.22. The highest BCUT2D eigenvalue weighted by Gasteiger charge is 2.18. The molecule has 1 saturated carbocycles. The van der Waals surface area contributed by atoms with Crippen molar-refractivity contribution in [2.75, 3.05) is 6.61 Å². The highest BCUT2D eigenvalue weighted by molar-refractivity contribution is 5.97. The molecule has 0 heterocycles. The van der Waals surface area contributed by atoms with Gasteiger partial charge in [0.25, 0.3) is 5.91 Å². The van der Waals surface area contributed by atoms with Crippen LogP contribution in [0.4, 0.5) is 9.18 Å². The first kappa shape index (κ1) is 16.9. The summed E-state index contributed by atoms with van der Waals surface area (Å²) < 4.78 is 18.1. The second-order valence-electron chi connectivity index (χ2n) is 5.41. The topological polar surface area (TPSA) is 84.5 Å². The molecule has 124 valence electrons. The Labute approximate surface area is 133 Å². The van der Waals surface area contributed by atoms with Crippen LogP contribution in [0.2, 0.25) is 0 Å². The predicted octanol–water partition coefficient (Wildman–Crippen LogP) is 2.14. The predicted molar refractivity (Wildman–Crippen MR) is 80.2 cm³/mol. The van der Waals surface area contributed by atoms with Gasteiger partial charge in [0.15, 0.2) is 6.61 Å². The Morgan fingerprint density at radius 1 is 1.13 bits per heavy atom.